The van der Waals surface area contributed by atoms with Gasteiger partial charge in [-0.3, -0.25) is 4.68 Å². The quantitative estimate of drug-likeness (QED) is 0.745. The molecule has 2 aromatic heterocycles. The fourth-order valence-electron chi connectivity index (χ4n) is 1.98. The lowest BCUT2D eigenvalue weighted by atomic mass is 10.4. The highest BCUT2D eigenvalue weighted by molar-refractivity contribution is 7.98. The topological polar surface area (TPSA) is 73.5 Å². The van der Waals surface area contributed by atoms with E-state index in [1.165, 1.54) is 12.8 Å². The maximum absolute atomic E-state index is 4.54. The predicted molar refractivity (Wildman–Crippen MR) is 81.0 cm³/mol. The number of nitrogens with one attached hydrogen (secondary N) is 1. The first-order valence-corrected chi connectivity index (χ1v) is 8.37. The van der Waals surface area contributed by atoms with E-state index in [-0.39, 0.29) is 0 Å². The highest BCUT2D eigenvalue weighted by atomic mass is 32.2. The zero-order chi connectivity index (χ0) is 14.7. The van der Waals surface area contributed by atoms with Gasteiger partial charge in [0, 0.05) is 30.6 Å². The Morgan fingerprint density at radius 3 is 3.00 bits per heavy atom. The first kappa shape index (κ1) is 14.5. The molecule has 0 bridgehead atoms. The van der Waals surface area contributed by atoms with Gasteiger partial charge in [-0.25, -0.2) is 4.68 Å². The molecule has 1 aliphatic rings. The molecule has 0 aromatic carbocycles. The molecule has 7 nitrogen and oxygen atoms in total. The van der Waals surface area contributed by atoms with E-state index in [4.69, 9.17) is 0 Å². The minimum atomic E-state index is 0.391. The van der Waals surface area contributed by atoms with E-state index in [0.717, 1.165) is 35.7 Å². The van der Waals surface area contributed by atoms with Gasteiger partial charge in [0.25, 0.3) is 0 Å². The molecule has 0 saturated heterocycles. The molecule has 0 unspecified atom stereocenters. The van der Waals surface area contributed by atoms with Crippen LogP contribution in [0.2, 0.25) is 0 Å². The summed E-state index contributed by atoms with van der Waals surface area (Å²) < 4.78 is 3.83. The molecule has 3 rings (SSSR count). The Bertz CT molecular complexity index is 573. The molecule has 2 aromatic rings. The van der Waals surface area contributed by atoms with E-state index < -0.39 is 0 Å². The van der Waals surface area contributed by atoms with Crippen molar-refractivity contribution in [3.63, 3.8) is 0 Å². The second-order valence-corrected chi connectivity index (χ2v) is 6.53. The summed E-state index contributed by atoms with van der Waals surface area (Å²) in [5, 5.41) is 20.8. The maximum Gasteiger partial charge on any atom is 0.209 e. The molecule has 1 saturated carbocycles. The van der Waals surface area contributed by atoms with Crippen LogP contribution in [-0.2, 0) is 12.3 Å². The smallest absolute Gasteiger partial charge is 0.209 e. The first-order chi connectivity index (χ1) is 10.2. The number of hydrogen-bond donors (Lipinski definition) is 1. The average molecular weight is 307 g/mol. The molecule has 0 spiro atoms. The summed E-state index contributed by atoms with van der Waals surface area (Å²) in [6, 6.07) is 3.16. The van der Waals surface area contributed by atoms with Crippen molar-refractivity contribution >= 4 is 11.8 Å². The summed E-state index contributed by atoms with van der Waals surface area (Å²) in [6.07, 6.45) is 4.62. The van der Waals surface area contributed by atoms with Crippen molar-refractivity contribution < 1.29 is 0 Å². The molecule has 0 aliphatic heterocycles. The molecule has 1 aliphatic carbocycles. The summed E-state index contributed by atoms with van der Waals surface area (Å²) in [4.78, 5) is 0. The molecule has 8 heteroatoms. The Kier molecular flexibility index (Phi) is 4.54. The number of thioether (sulfide) groups is 1. The van der Waals surface area contributed by atoms with Crippen LogP contribution in [0.5, 0.6) is 0 Å². The fraction of sp³-hybridized carbons (Fsp3) is 0.692. The Morgan fingerprint density at radius 2 is 2.29 bits per heavy atom. The minimum absolute atomic E-state index is 0.391. The van der Waals surface area contributed by atoms with Crippen LogP contribution in [-0.4, -0.2) is 42.6 Å². The Balaban J connectivity index is 1.50. The lowest BCUT2D eigenvalue weighted by molar-refractivity contribution is 0.509. The zero-order valence-electron chi connectivity index (χ0n) is 12.4. The second kappa shape index (κ2) is 6.57. The number of tetrazole rings is 1. The van der Waals surface area contributed by atoms with Crippen molar-refractivity contribution in [2.45, 2.75) is 56.2 Å². The Hall–Kier alpha value is -1.41. The highest BCUT2D eigenvalue weighted by Gasteiger charge is 2.20. The van der Waals surface area contributed by atoms with Gasteiger partial charge in [0.1, 0.15) is 0 Å². The van der Waals surface area contributed by atoms with E-state index in [1.807, 2.05) is 15.6 Å². The fourth-order valence-corrected chi connectivity index (χ4v) is 2.78. The van der Waals surface area contributed by atoms with E-state index >= 15 is 0 Å². The summed E-state index contributed by atoms with van der Waals surface area (Å²) >= 11 is 1.63. The molecular weight excluding hydrogens is 286 g/mol. The molecule has 0 atom stereocenters. The van der Waals surface area contributed by atoms with Gasteiger partial charge in [0.2, 0.25) is 5.16 Å². The van der Waals surface area contributed by atoms with E-state index in [9.17, 15) is 0 Å². The molecule has 114 valence electrons. The normalized spacial score (nSPS) is 15.0. The average Bonchev–Trinajstić information content (AvgIpc) is 2.99. The van der Waals surface area contributed by atoms with Gasteiger partial charge < -0.3 is 5.32 Å². The van der Waals surface area contributed by atoms with Crippen LogP contribution in [0.1, 0.15) is 38.4 Å². The van der Waals surface area contributed by atoms with E-state index in [1.54, 1.807) is 11.8 Å². The Morgan fingerprint density at radius 1 is 1.43 bits per heavy atom. The second-order valence-electron chi connectivity index (χ2n) is 5.58. The molecule has 2 heterocycles. The van der Waals surface area contributed by atoms with Crippen molar-refractivity contribution in [2.24, 2.45) is 0 Å². The predicted octanol–water partition coefficient (Wildman–Crippen LogP) is 1.49. The van der Waals surface area contributed by atoms with Crippen LogP contribution in [0.3, 0.4) is 0 Å². The molecule has 0 radical (unpaired) electrons. The van der Waals surface area contributed by atoms with Gasteiger partial charge in [-0.05, 0) is 43.2 Å². The molecule has 21 heavy (non-hydrogen) atoms. The molecule has 1 N–H and O–H groups in total. The monoisotopic (exact) mass is 307 g/mol. The van der Waals surface area contributed by atoms with Crippen LogP contribution in [0, 0.1) is 0 Å². The maximum atomic E-state index is 4.54. The number of nitrogens with zero attached hydrogens (tertiary/aromatic N) is 6. The zero-order valence-corrected chi connectivity index (χ0v) is 13.3. The summed E-state index contributed by atoms with van der Waals surface area (Å²) in [6.45, 7) is 5.98. The summed E-state index contributed by atoms with van der Waals surface area (Å²) in [5.41, 5.74) is 1.05. The van der Waals surface area contributed by atoms with Crippen LogP contribution < -0.4 is 5.32 Å². The van der Waals surface area contributed by atoms with Crippen LogP contribution in [0.15, 0.2) is 17.4 Å². The van der Waals surface area contributed by atoms with Crippen molar-refractivity contribution in [1.82, 2.24) is 35.3 Å². The highest BCUT2D eigenvalue weighted by Crippen LogP contribution is 2.20. The van der Waals surface area contributed by atoms with Crippen molar-refractivity contribution in [3.05, 3.63) is 18.0 Å². The summed E-state index contributed by atoms with van der Waals surface area (Å²) in [5.74, 6) is 0.788. The van der Waals surface area contributed by atoms with Crippen molar-refractivity contribution in [2.75, 3.05) is 6.54 Å². The van der Waals surface area contributed by atoms with E-state index in [2.05, 4.69) is 45.9 Å². The number of hydrogen-bond acceptors (Lipinski definition) is 6. The van der Waals surface area contributed by atoms with Gasteiger partial charge >= 0.3 is 0 Å². The molecule has 1 fully saturated rings. The number of rotatable bonds is 8. The molecule has 0 amide bonds. The summed E-state index contributed by atoms with van der Waals surface area (Å²) in [7, 11) is 0. The largest absolute Gasteiger partial charge is 0.312 e. The van der Waals surface area contributed by atoms with Crippen molar-refractivity contribution in [1.29, 1.82) is 0 Å². The lowest BCUT2D eigenvalue weighted by Gasteiger charge is -2.05. The van der Waals surface area contributed by atoms with Gasteiger partial charge in [0.05, 0.1) is 12.2 Å². The van der Waals surface area contributed by atoms with Gasteiger partial charge in [0.15, 0.2) is 0 Å². The lowest BCUT2D eigenvalue weighted by Crippen LogP contribution is -2.22. The van der Waals surface area contributed by atoms with Gasteiger partial charge in [-0.15, -0.1) is 5.10 Å². The Labute approximate surface area is 128 Å². The SMILES string of the molecule is CC(C)n1ccc(CSc2nnnn2CCNC2CC2)n1. The third-order valence-electron chi connectivity index (χ3n) is 3.37. The standard InChI is InChI=1S/C13H21N7S/c1-10(2)19-7-5-12(16-19)9-21-13-15-17-18-20(13)8-6-14-11-3-4-11/h5,7,10-11,14H,3-4,6,8-9H2,1-2H3. The number of aromatic nitrogens is 6. The van der Waals surface area contributed by atoms with Gasteiger partial charge in [-0.2, -0.15) is 5.10 Å². The molecular formula is C13H21N7S. The minimum Gasteiger partial charge on any atom is -0.312 e. The van der Waals surface area contributed by atoms with E-state index in [0.29, 0.717) is 6.04 Å². The third-order valence-corrected chi connectivity index (χ3v) is 4.37. The van der Waals surface area contributed by atoms with Crippen LogP contribution in [0.4, 0.5) is 0 Å². The van der Waals surface area contributed by atoms with Crippen LogP contribution >= 0.6 is 11.8 Å². The first-order valence-electron chi connectivity index (χ1n) is 7.39. The van der Waals surface area contributed by atoms with Crippen LogP contribution in [0.25, 0.3) is 0 Å². The van der Waals surface area contributed by atoms with Gasteiger partial charge in [-0.1, -0.05) is 11.8 Å². The van der Waals surface area contributed by atoms with Crippen molar-refractivity contribution in [3.8, 4) is 0 Å². The third kappa shape index (κ3) is 4.04.